The second kappa shape index (κ2) is 5.08. The minimum Gasteiger partial charge on any atom is -0.610 e. The Morgan fingerprint density at radius 1 is 1.44 bits per heavy atom. The van der Waals surface area contributed by atoms with E-state index in [0.717, 1.165) is 29.8 Å². The van der Waals surface area contributed by atoms with Crippen LogP contribution in [-0.4, -0.2) is 29.2 Å². The molecular weight excluding hydrogens is 222 g/mol. The largest absolute Gasteiger partial charge is 0.610 e. The molecule has 16 heavy (non-hydrogen) atoms. The number of rotatable bonds is 4. The lowest BCUT2D eigenvalue weighted by molar-refractivity contribution is 0.284. The highest BCUT2D eigenvalue weighted by Crippen LogP contribution is 2.33. The van der Waals surface area contributed by atoms with E-state index in [2.05, 4.69) is 12.1 Å². The maximum atomic E-state index is 11.8. The Bertz CT molecular complexity index is 370. The molecule has 2 rings (SSSR count). The molecule has 1 atom stereocenters. The van der Waals surface area contributed by atoms with Gasteiger partial charge in [-0.1, -0.05) is 6.07 Å². The molecule has 0 fully saturated rings. The van der Waals surface area contributed by atoms with Crippen molar-refractivity contribution in [1.29, 1.82) is 0 Å². The highest BCUT2D eigenvalue weighted by molar-refractivity contribution is 7.92. The third kappa shape index (κ3) is 2.34. The molecule has 1 aliphatic rings. The molecule has 1 unspecified atom stereocenters. The normalized spacial score (nSPS) is 18.9. The Hall–Kier alpha value is -0.710. The van der Waals surface area contributed by atoms with Crippen molar-refractivity contribution >= 4 is 16.9 Å². The molecule has 1 heterocycles. The number of benzene rings is 1. The van der Waals surface area contributed by atoms with Gasteiger partial charge < -0.3 is 14.6 Å². The lowest BCUT2D eigenvalue weighted by Gasteiger charge is -2.07. The van der Waals surface area contributed by atoms with E-state index in [4.69, 9.17) is 5.11 Å². The monoisotopic (exact) mass is 239 g/mol. The van der Waals surface area contributed by atoms with E-state index in [1.165, 1.54) is 5.56 Å². The Balaban J connectivity index is 2.10. The summed E-state index contributed by atoms with van der Waals surface area (Å²) in [4.78, 5) is 2.99. The zero-order valence-corrected chi connectivity index (χ0v) is 10.3. The van der Waals surface area contributed by atoms with Crippen molar-refractivity contribution in [2.45, 2.75) is 24.2 Å². The number of unbranched alkanes of at least 4 members (excludes halogenated alkanes) is 1. The zero-order chi connectivity index (χ0) is 11.5. The predicted octanol–water partition coefficient (Wildman–Crippen LogP) is 1.52. The number of aliphatic hydroxyl groups excluding tert-OH is 1. The van der Waals surface area contributed by atoms with Crippen LogP contribution in [0.2, 0.25) is 0 Å². The van der Waals surface area contributed by atoms with Gasteiger partial charge in [0.05, 0.1) is 5.69 Å². The van der Waals surface area contributed by atoms with Crippen molar-refractivity contribution in [3.8, 4) is 0 Å². The number of anilines is 1. The third-order valence-electron chi connectivity index (χ3n) is 2.87. The Morgan fingerprint density at radius 2 is 2.25 bits per heavy atom. The first-order valence-corrected chi connectivity index (χ1v) is 6.87. The zero-order valence-electron chi connectivity index (χ0n) is 9.48. The summed E-state index contributed by atoms with van der Waals surface area (Å²) < 4.78 is 11.8. The summed E-state index contributed by atoms with van der Waals surface area (Å²) in [5.41, 5.74) is 2.31. The van der Waals surface area contributed by atoms with E-state index in [1.54, 1.807) is 0 Å². The molecule has 0 bridgehead atoms. The lowest BCUT2D eigenvalue weighted by atomic mass is 10.1. The van der Waals surface area contributed by atoms with Crippen LogP contribution in [0.1, 0.15) is 18.4 Å². The molecular formula is C12H17NO2S. The molecule has 3 nitrogen and oxygen atoms in total. The van der Waals surface area contributed by atoms with Gasteiger partial charge >= 0.3 is 0 Å². The summed E-state index contributed by atoms with van der Waals surface area (Å²) in [6, 6.07) is 6.19. The molecule has 4 heteroatoms. The Kier molecular flexibility index (Phi) is 3.74. The summed E-state index contributed by atoms with van der Waals surface area (Å²) in [5.74, 6) is 0.607. The van der Waals surface area contributed by atoms with Gasteiger partial charge in [0.1, 0.15) is 0 Å². The van der Waals surface area contributed by atoms with Crippen LogP contribution >= 0.6 is 0 Å². The molecule has 0 radical (unpaired) electrons. The molecule has 1 N–H and O–H groups in total. The fourth-order valence-corrected chi connectivity index (χ4v) is 3.34. The molecule has 0 aromatic heterocycles. The van der Waals surface area contributed by atoms with Crippen molar-refractivity contribution in [2.24, 2.45) is 0 Å². The first-order valence-electron chi connectivity index (χ1n) is 5.55. The van der Waals surface area contributed by atoms with Crippen LogP contribution in [0.5, 0.6) is 0 Å². The smallest absolute Gasteiger partial charge is 0.183 e. The summed E-state index contributed by atoms with van der Waals surface area (Å²) >= 11 is -0.869. The molecule has 0 aliphatic carbocycles. The van der Waals surface area contributed by atoms with Crippen LogP contribution in [0.25, 0.3) is 0 Å². The quantitative estimate of drug-likeness (QED) is 0.640. The summed E-state index contributed by atoms with van der Waals surface area (Å²) in [6.07, 6.45) is 2.77. The number of hydrogen-bond acceptors (Lipinski definition) is 3. The minimum atomic E-state index is -0.869. The molecule has 0 saturated heterocycles. The van der Waals surface area contributed by atoms with Gasteiger partial charge in [-0.05, 0) is 37.0 Å². The van der Waals surface area contributed by atoms with Crippen molar-refractivity contribution in [3.05, 3.63) is 23.8 Å². The van der Waals surface area contributed by atoms with Gasteiger partial charge in [-0.3, -0.25) is 0 Å². The summed E-state index contributed by atoms with van der Waals surface area (Å²) in [6.45, 7) is 0.250. The number of nitrogens with zero attached hydrogens (tertiary/aromatic N) is 1. The molecule has 88 valence electrons. The third-order valence-corrected chi connectivity index (χ3v) is 4.30. The predicted molar refractivity (Wildman–Crippen MR) is 66.1 cm³/mol. The van der Waals surface area contributed by atoms with Crippen molar-refractivity contribution in [1.82, 2.24) is 0 Å². The number of aliphatic hydroxyl groups is 1. The molecule has 0 amide bonds. The van der Waals surface area contributed by atoms with Crippen LogP contribution in [0.4, 0.5) is 5.69 Å². The minimum absolute atomic E-state index is 0.250. The van der Waals surface area contributed by atoms with E-state index >= 15 is 0 Å². The number of fused-ring (bicyclic) bond motifs is 1. The van der Waals surface area contributed by atoms with Crippen molar-refractivity contribution < 1.29 is 9.66 Å². The first-order chi connectivity index (χ1) is 7.72. The van der Waals surface area contributed by atoms with Gasteiger partial charge in [-0.25, -0.2) is 0 Å². The second-order valence-corrected chi connectivity index (χ2v) is 5.54. The van der Waals surface area contributed by atoms with Crippen molar-refractivity contribution in [2.75, 3.05) is 24.4 Å². The van der Waals surface area contributed by atoms with Crippen LogP contribution in [0.3, 0.4) is 0 Å². The maximum Gasteiger partial charge on any atom is 0.183 e. The number of aryl methyl sites for hydroxylation is 1. The number of hydrogen-bond donors (Lipinski definition) is 1. The highest BCUT2D eigenvalue weighted by atomic mass is 32.2. The molecule has 0 spiro atoms. The van der Waals surface area contributed by atoms with E-state index < -0.39 is 11.2 Å². The Labute approximate surface area is 99.3 Å². The molecule has 1 aliphatic heterocycles. The van der Waals surface area contributed by atoms with E-state index in [9.17, 15) is 4.55 Å². The van der Waals surface area contributed by atoms with Crippen LogP contribution in [-0.2, 0) is 17.6 Å². The lowest BCUT2D eigenvalue weighted by Crippen LogP contribution is -2.16. The van der Waals surface area contributed by atoms with Gasteiger partial charge in [0.15, 0.2) is 10.8 Å². The van der Waals surface area contributed by atoms with Gasteiger partial charge in [-0.2, -0.15) is 0 Å². The van der Waals surface area contributed by atoms with Crippen LogP contribution < -0.4 is 4.90 Å². The summed E-state index contributed by atoms with van der Waals surface area (Å²) in [7, 11) is 1.97. The molecule has 0 saturated carbocycles. The molecule has 1 aromatic carbocycles. The molecule has 1 aromatic rings. The highest BCUT2D eigenvalue weighted by Gasteiger charge is 2.28. The average Bonchev–Trinajstić information content (AvgIpc) is 2.55. The first kappa shape index (κ1) is 11.8. The summed E-state index contributed by atoms with van der Waals surface area (Å²) in [5, 5.41) is 8.72. The Morgan fingerprint density at radius 3 is 3.00 bits per heavy atom. The van der Waals surface area contributed by atoms with E-state index in [0.29, 0.717) is 5.88 Å². The van der Waals surface area contributed by atoms with Crippen LogP contribution in [0, 0.1) is 0 Å². The van der Waals surface area contributed by atoms with Gasteiger partial charge in [0.2, 0.25) is 0 Å². The van der Waals surface area contributed by atoms with Crippen LogP contribution in [0.15, 0.2) is 23.1 Å². The maximum absolute atomic E-state index is 11.8. The fraction of sp³-hybridized carbons (Fsp3) is 0.500. The SMILES string of the molecule is CN1C[S+]([O-])c2cc(CCCCO)ccc21. The topological polar surface area (TPSA) is 46.5 Å². The van der Waals surface area contributed by atoms with Crippen molar-refractivity contribution in [3.63, 3.8) is 0 Å². The average molecular weight is 239 g/mol. The standard InChI is InChI=1S/C12H17NO2S/c1-13-9-16(15)12-8-10(4-2-3-7-14)5-6-11(12)13/h5-6,8,14H,2-4,7,9H2,1H3. The van der Waals surface area contributed by atoms with Gasteiger partial charge in [0.25, 0.3) is 0 Å². The fourth-order valence-electron chi connectivity index (χ4n) is 1.97. The second-order valence-electron chi connectivity index (χ2n) is 4.16. The van der Waals surface area contributed by atoms with Gasteiger partial charge in [-0.15, -0.1) is 0 Å². The van der Waals surface area contributed by atoms with E-state index in [1.807, 2.05) is 18.0 Å². The van der Waals surface area contributed by atoms with Gasteiger partial charge in [0, 0.05) is 24.8 Å². The van der Waals surface area contributed by atoms with E-state index in [-0.39, 0.29) is 6.61 Å².